The minimum atomic E-state index is 0.171. The molecule has 0 bridgehead atoms. The van der Waals surface area contributed by atoms with E-state index in [1.54, 1.807) is 0 Å². The summed E-state index contributed by atoms with van der Waals surface area (Å²) in [6.45, 7) is 0. The van der Waals surface area contributed by atoms with Gasteiger partial charge in [0.05, 0.1) is 0 Å². The lowest BCUT2D eigenvalue weighted by Gasteiger charge is -2.17. The van der Waals surface area contributed by atoms with Crippen LogP contribution in [0.4, 0.5) is 0 Å². The Bertz CT molecular complexity index is 3210. The molecule has 0 fully saturated rings. The molecule has 0 amide bonds. The lowest BCUT2D eigenvalue weighted by Crippen LogP contribution is -1.99. The van der Waals surface area contributed by atoms with Gasteiger partial charge in [-0.15, -0.1) is 0 Å². The van der Waals surface area contributed by atoms with Crippen LogP contribution in [-0.2, 0) is 0 Å². The molecule has 0 nitrogen and oxygen atoms in total. The van der Waals surface area contributed by atoms with Crippen LogP contribution in [0.5, 0.6) is 0 Å². The standard InChI is InChI=1S/C58H38/c1-3-13-37(14-4-1)52-33-42-18-7-8-19-43(42)34-53(52)39-23-25-41(26-24-39)56-48-22-12-11-21-47(48)54-35-44(28-30-49(54)56)45-29-31-50-55(36-45)58-46-20-10-9-15-38(46)27-32-51(58)57(50)40-16-5-2-6-17-40/h1-36,56-57H. The van der Waals surface area contributed by atoms with Gasteiger partial charge in [-0.3, -0.25) is 0 Å². The predicted molar refractivity (Wildman–Crippen MR) is 243 cm³/mol. The first kappa shape index (κ1) is 32.9. The van der Waals surface area contributed by atoms with Crippen molar-refractivity contribution in [2.75, 3.05) is 0 Å². The zero-order valence-corrected chi connectivity index (χ0v) is 31.9. The number of benzene rings is 10. The van der Waals surface area contributed by atoms with Crippen molar-refractivity contribution in [3.63, 3.8) is 0 Å². The fourth-order valence-electron chi connectivity index (χ4n) is 10.1. The van der Waals surface area contributed by atoms with Crippen molar-refractivity contribution < 1.29 is 0 Å². The van der Waals surface area contributed by atoms with Crippen molar-refractivity contribution >= 4 is 21.5 Å². The van der Waals surface area contributed by atoms with Gasteiger partial charge in [-0.05, 0) is 135 Å². The summed E-state index contributed by atoms with van der Waals surface area (Å²) in [4.78, 5) is 0. The van der Waals surface area contributed by atoms with E-state index in [1.165, 1.54) is 111 Å². The molecule has 0 N–H and O–H groups in total. The van der Waals surface area contributed by atoms with Crippen LogP contribution >= 0.6 is 0 Å². The van der Waals surface area contributed by atoms with E-state index in [2.05, 4.69) is 218 Å². The molecule has 0 aliphatic heterocycles. The third kappa shape index (κ3) is 5.15. The van der Waals surface area contributed by atoms with E-state index >= 15 is 0 Å². The second kappa shape index (κ2) is 13.2. The average Bonchev–Trinajstić information content (AvgIpc) is 3.82. The van der Waals surface area contributed by atoms with Gasteiger partial charge in [0.2, 0.25) is 0 Å². The number of fused-ring (bicyclic) bond motifs is 9. The van der Waals surface area contributed by atoms with Gasteiger partial charge in [0.25, 0.3) is 0 Å². The van der Waals surface area contributed by atoms with Crippen LogP contribution in [-0.4, -0.2) is 0 Å². The summed E-state index contributed by atoms with van der Waals surface area (Å²) in [5.74, 6) is 0.388. The van der Waals surface area contributed by atoms with Crippen molar-refractivity contribution in [2.45, 2.75) is 11.8 Å². The quantitative estimate of drug-likeness (QED) is 0.165. The fraction of sp³-hybridized carbons (Fsp3) is 0.0345. The lowest BCUT2D eigenvalue weighted by molar-refractivity contribution is 1.01. The smallest absolute Gasteiger partial charge is 0.0352 e. The first-order valence-corrected chi connectivity index (χ1v) is 20.4. The second-order valence-corrected chi connectivity index (χ2v) is 16.0. The first-order valence-electron chi connectivity index (χ1n) is 20.4. The molecule has 12 rings (SSSR count). The van der Waals surface area contributed by atoms with Crippen LogP contribution < -0.4 is 0 Å². The topological polar surface area (TPSA) is 0 Å². The SMILES string of the molecule is c1ccc(-c2cc3ccccc3cc2-c2ccc(C3c4ccccc4-c4cc(-c5ccc6c(c5)-c5c(ccc7ccccc57)C6c5ccccc5)ccc43)cc2)cc1. The van der Waals surface area contributed by atoms with Gasteiger partial charge >= 0.3 is 0 Å². The van der Waals surface area contributed by atoms with E-state index in [0.717, 1.165) is 0 Å². The highest BCUT2D eigenvalue weighted by Gasteiger charge is 2.33. The Morgan fingerprint density at radius 2 is 0.724 bits per heavy atom. The predicted octanol–water partition coefficient (Wildman–Crippen LogP) is 15.3. The second-order valence-electron chi connectivity index (χ2n) is 16.0. The molecule has 58 heavy (non-hydrogen) atoms. The fourth-order valence-corrected chi connectivity index (χ4v) is 10.1. The van der Waals surface area contributed by atoms with E-state index in [9.17, 15) is 0 Å². The van der Waals surface area contributed by atoms with Crippen LogP contribution in [0.2, 0.25) is 0 Å². The van der Waals surface area contributed by atoms with Gasteiger partial charge in [0.15, 0.2) is 0 Å². The highest BCUT2D eigenvalue weighted by Crippen LogP contribution is 2.53. The third-order valence-electron chi connectivity index (χ3n) is 12.8. The maximum Gasteiger partial charge on any atom is 0.0352 e. The monoisotopic (exact) mass is 734 g/mol. The lowest BCUT2D eigenvalue weighted by atomic mass is 9.86. The molecular weight excluding hydrogens is 697 g/mol. The minimum absolute atomic E-state index is 0.171. The normalized spacial score (nSPS) is 14.9. The maximum atomic E-state index is 2.46. The third-order valence-corrected chi connectivity index (χ3v) is 12.8. The van der Waals surface area contributed by atoms with Gasteiger partial charge in [0, 0.05) is 11.8 Å². The molecule has 0 heteroatoms. The largest absolute Gasteiger partial charge is 0.0622 e. The summed E-state index contributed by atoms with van der Waals surface area (Å²) in [7, 11) is 0. The minimum Gasteiger partial charge on any atom is -0.0622 e. The maximum absolute atomic E-state index is 2.46. The van der Waals surface area contributed by atoms with Crippen LogP contribution in [0.3, 0.4) is 0 Å². The molecule has 10 aromatic rings. The number of rotatable bonds is 5. The summed E-state index contributed by atoms with van der Waals surface area (Å²) in [5.41, 5.74) is 21.0. The molecule has 0 saturated carbocycles. The van der Waals surface area contributed by atoms with E-state index in [-0.39, 0.29) is 11.8 Å². The highest BCUT2D eigenvalue weighted by molar-refractivity contribution is 6.03. The summed E-state index contributed by atoms with van der Waals surface area (Å²) >= 11 is 0. The summed E-state index contributed by atoms with van der Waals surface area (Å²) in [5, 5.41) is 5.13. The summed E-state index contributed by atoms with van der Waals surface area (Å²) in [6.07, 6.45) is 0. The molecule has 270 valence electrons. The molecule has 0 saturated heterocycles. The van der Waals surface area contributed by atoms with Crippen molar-refractivity contribution in [2.24, 2.45) is 0 Å². The Hall–Kier alpha value is -7.28. The van der Waals surface area contributed by atoms with Gasteiger partial charge in [-0.2, -0.15) is 0 Å². The van der Waals surface area contributed by atoms with Crippen LogP contribution in [0.15, 0.2) is 218 Å². The molecule has 10 aromatic carbocycles. The van der Waals surface area contributed by atoms with Gasteiger partial charge in [0.1, 0.15) is 0 Å². The zero-order valence-electron chi connectivity index (χ0n) is 31.9. The zero-order chi connectivity index (χ0) is 38.2. The molecular formula is C58H38. The van der Waals surface area contributed by atoms with E-state index in [4.69, 9.17) is 0 Å². The molecule has 0 heterocycles. The molecule has 0 spiro atoms. The average molecular weight is 735 g/mol. The first-order chi connectivity index (χ1) is 28.8. The van der Waals surface area contributed by atoms with Crippen molar-refractivity contribution in [3.05, 3.63) is 252 Å². The van der Waals surface area contributed by atoms with E-state index < -0.39 is 0 Å². The summed E-state index contributed by atoms with van der Waals surface area (Å²) in [6, 6.07) is 81.4. The Labute approximate surface area is 339 Å². The van der Waals surface area contributed by atoms with Crippen molar-refractivity contribution in [1.29, 1.82) is 0 Å². The highest BCUT2D eigenvalue weighted by atomic mass is 14.4. The molecule has 0 radical (unpaired) electrons. The Morgan fingerprint density at radius 3 is 1.45 bits per heavy atom. The summed E-state index contributed by atoms with van der Waals surface area (Å²) < 4.78 is 0. The van der Waals surface area contributed by atoms with Crippen molar-refractivity contribution in [1.82, 2.24) is 0 Å². The Balaban J connectivity index is 0.948. The number of hydrogen-bond donors (Lipinski definition) is 0. The number of hydrogen-bond acceptors (Lipinski definition) is 0. The van der Waals surface area contributed by atoms with E-state index in [1.807, 2.05) is 0 Å². The molecule has 2 atom stereocenters. The van der Waals surface area contributed by atoms with E-state index in [0.29, 0.717) is 0 Å². The molecule has 2 unspecified atom stereocenters. The van der Waals surface area contributed by atoms with Crippen LogP contribution in [0, 0.1) is 0 Å². The van der Waals surface area contributed by atoms with Crippen LogP contribution in [0.1, 0.15) is 45.2 Å². The van der Waals surface area contributed by atoms with Gasteiger partial charge < -0.3 is 0 Å². The molecule has 2 aliphatic carbocycles. The molecule has 0 aromatic heterocycles. The van der Waals surface area contributed by atoms with Gasteiger partial charge in [-0.1, -0.05) is 194 Å². The Kier molecular flexibility index (Phi) is 7.46. The molecule has 2 aliphatic rings. The van der Waals surface area contributed by atoms with Gasteiger partial charge in [-0.25, -0.2) is 0 Å². The Morgan fingerprint density at radius 1 is 0.241 bits per heavy atom. The van der Waals surface area contributed by atoms with Crippen LogP contribution in [0.25, 0.3) is 77.2 Å². The van der Waals surface area contributed by atoms with Crippen molar-refractivity contribution in [3.8, 4) is 55.6 Å².